The highest BCUT2D eigenvalue weighted by Crippen LogP contribution is 2.35. The molecule has 1 aromatic rings. The standard InChI is InChI=1S/C21H32FN3O2S.HI/c1-4-28-21(9-11-26-12-10-21)15-24-20(23-3)25-13-16(2)27-19(14-25)17-5-7-18(22)8-6-17;/h5-8,16,19H,4,9-15H2,1-3H3,(H,23,24);1H. The van der Waals surface area contributed by atoms with Crippen LogP contribution in [0.25, 0.3) is 0 Å². The molecule has 3 rings (SSSR count). The number of nitrogens with zero attached hydrogens (tertiary/aromatic N) is 2. The molecule has 1 N–H and O–H groups in total. The summed E-state index contributed by atoms with van der Waals surface area (Å²) in [6, 6.07) is 6.60. The number of halogens is 2. The van der Waals surface area contributed by atoms with E-state index in [9.17, 15) is 4.39 Å². The Labute approximate surface area is 195 Å². The molecule has 2 aliphatic rings. The number of ether oxygens (including phenoxy) is 2. The molecule has 2 atom stereocenters. The molecule has 5 nitrogen and oxygen atoms in total. The fourth-order valence-corrected chi connectivity index (χ4v) is 5.22. The maximum absolute atomic E-state index is 13.3. The van der Waals surface area contributed by atoms with E-state index in [4.69, 9.17) is 9.47 Å². The Bertz CT molecular complexity index is 650. The highest BCUT2D eigenvalue weighted by molar-refractivity contribution is 14.0. The van der Waals surface area contributed by atoms with E-state index in [1.807, 2.05) is 18.8 Å². The van der Waals surface area contributed by atoms with Crippen LogP contribution in [-0.2, 0) is 9.47 Å². The van der Waals surface area contributed by atoms with Crippen molar-refractivity contribution in [1.82, 2.24) is 10.2 Å². The Morgan fingerprint density at radius 3 is 2.59 bits per heavy atom. The summed E-state index contributed by atoms with van der Waals surface area (Å²) < 4.78 is 25.2. The van der Waals surface area contributed by atoms with E-state index in [1.165, 1.54) is 12.1 Å². The summed E-state index contributed by atoms with van der Waals surface area (Å²) in [5.74, 6) is 1.78. The lowest BCUT2D eigenvalue weighted by molar-refractivity contribution is -0.0605. The third-order valence-electron chi connectivity index (χ3n) is 5.44. The van der Waals surface area contributed by atoms with E-state index >= 15 is 0 Å². The average Bonchev–Trinajstić information content (AvgIpc) is 2.69. The van der Waals surface area contributed by atoms with Crippen LogP contribution in [0.1, 0.15) is 38.4 Å². The molecule has 2 aliphatic heterocycles. The average molecular weight is 537 g/mol. The molecular weight excluding hydrogens is 504 g/mol. The van der Waals surface area contributed by atoms with Crippen LogP contribution >= 0.6 is 35.7 Å². The second-order valence-corrected chi connectivity index (χ2v) is 9.25. The summed E-state index contributed by atoms with van der Waals surface area (Å²) in [5.41, 5.74) is 0.996. The summed E-state index contributed by atoms with van der Waals surface area (Å²) in [6.45, 7) is 8.31. The van der Waals surface area contributed by atoms with Gasteiger partial charge in [-0.25, -0.2) is 4.39 Å². The van der Waals surface area contributed by atoms with Crippen molar-refractivity contribution < 1.29 is 13.9 Å². The van der Waals surface area contributed by atoms with Gasteiger partial charge in [-0.15, -0.1) is 24.0 Å². The van der Waals surface area contributed by atoms with E-state index in [-0.39, 0.29) is 46.7 Å². The van der Waals surface area contributed by atoms with Crippen LogP contribution in [0.15, 0.2) is 29.3 Å². The topological polar surface area (TPSA) is 46.1 Å². The van der Waals surface area contributed by atoms with E-state index in [2.05, 4.69) is 29.1 Å². The number of guanidine groups is 1. The molecule has 0 radical (unpaired) electrons. The molecule has 0 amide bonds. The molecule has 2 fully saturated rings. The van der Waals surface area contributed by atoms with Crippen LogP contribution < -0.4 is 5.32 Å². The van der Waals surface area contributed by atoms with Crippen LogP contribution in [0.4, 0.5) is 4.39 Å². The van der Waals surface area contributed by atoms with Crippen LogP contribution in [0.2, 0.25) is 0 Å². The minimum Gasteiger partial charge on any atom is -0.381 e. The van der Waals surface area contributed by atoms with Gasteiger partial charge in [0, 0.05) is 38.1 Å². The first-order chi connectivity index (χ1) is 13.5. The van der Waals surface area contributed by atoms with Gasteiger partial charge < -0.3 is 19.7 Å². The fraction of sp³-hybridized carbons (Fsp3) is 0.667. The predicted molar refractivity (Wildman–Crippen MR) is 129 cm³/mol. The molecule has 8 heteroatoms. The van der Waals surface area contributed by atoms with Crippen molar-refractivity contribution in [3.05, 3.63) is 35.6 Å². The minimum atomic E-state index is -0.225. The number of aliphatic imine (C=N–C) groups is 1. The number of nitrogens with one attached hydrogen (secondary N) is 1. The van der Waals surface area contributed by atoms with Crippen molar-refractivity contribution in [3.8, 4) is 0 Å². The smallest absolute Gasteiger partial charge is 0.193 e. The lowest BCUT2D eigenvalue weighted by Gasteiger charge is -2.41. The zero-order valence-electron chi connectivity index (χ0n) is 17.5. The zero-order chi connectivity index (χ0) is 20.0. The molecule has 2 unspecified atom stereocenters. The van der Waals surface area contributed by atoms with Gasteiger partial charge in [0.2, 0.25) is 0 Å². The SMILES string of the molecule is CCSC1(CNC(=NC)N2CC(C)OC(c3ccc(F)cc3)C2)CCOCC1.I. The van der Waals surface area contributed by atoms with Crippen molar-refractivity contribution in [3.63, 3.8) is 0 Å². The van der Waals surface area contributed by atoms with Gasteiger partial charge in [-0.2, -0.15) is 11.8 Å². The fourth-order valence-electron chi connectivity index (χ4n) is 3.98. The Morgan fingerprint density at radius 1 is 1.28 bits per heavy atom. The molecule has 164 valence electrons. The first-order valence-corrected chi connectivity index (χ1v) is 11.1. The number of benzene rings is 1. The molecule has 29 heavy (non-hydrogen) atoms. The maximum atomic E-state index is 13.3. The van der Waals surface area contributed by atoms with Gasteiger partial charge in [-0.3, -0.25) is 4.99 Å². The number of morpholine rings is 1. The number of hydrogen-bond donors (Lipinski definition) is 1. The van der Waals surface area contributed by atoms with Gasteiger partial charge in [0.25, 0.3) is 0 Å². The van der Waals surface area contributed by atoms with E-state index < -0.39 is 0 Å². The van der Waals surface area contributed by atoms with Crippen LogP contribution in [0.3, 0.4) is 0 Å². The number of rotatable bonds is 5. The highest BCUT2D eigenvalue weighted by atomic mass is 127. The highest BCUT2D eigenvalue weighted by Gasteiger charge is 2.34. The van der Waals surface area contributed by atoms with E-state index in [0.717, 1.165) is 56.4 Å². The monoisotopic (exact) mass is 537 g/mol. The van der Waals surface area contributed by atoms with Gasteiger partial charge in [-0.1, -0.05) is 19.1 Å². The van der Waals surface area contributed by atoms with Crippen molar-refractivity contribution in [1.29, 1.82) is 0 Å². The summed E-state index contributed by atoms with van der Waals surface area (Å²) in [7, 11) is 1.83. The molecular formula is C21H33FIN3O2S. The van der Waals surface area contributed by atoms with Gasteiger partial charge >= 0.3 is 0 Å². The Kier molecular flexibility index (Phi) is 9.97. The largest absolute Gasteiger partial charge is 0.381 e. The Hall–Kier alpha value is -0.580. The third kappa shape index (κ3) is 6.70. The molecule has 0 spiro atoms. The second-order valence-electron chi connectivity index (χ2n) is 7.52. The Morgan fingerprint density at radius 2 is 1.97 bits per heavy atom. The lowest BCUT2D eigenvalue weighted by atomic mass is 9.99. The van der Waals surface area contributed by atoms with Crippen molar-refractivity contribution in [2.24, 2.45) is 4.99 Å². The molecule has 0 aliphatic carbocycles. The lowest BCUT2D eigenvalue weighted by Crippen LogP contribution is -2.53. The van der Waals surface area contributed by atoms with Crippen molar-refractivity contribution in [2.45, 2.75) is 43.6 Å². The first kappa shape index (κ1) is 24.7. The normalized spacial score (nSPS) is 24.7. The molecule has 2 saturated heterocycles. The Balaban J connectivity index is 0.00000300. The van der Waals surface area contributed by atoms with Gasteiger partial charge in [-0.05, 0) is 43.2 Å². The second kappa shape index (κ2) is 11.7. The van der Waals surface area contributed by atoms with Crippen molar-refractivity contribution >= 4 is 41.7 Å². The molecule has 0 aromatic heterocycles. The quantitative estimate of drug-likeness (QED) is 0.349. The first-order valence-electron chi connectivity index (χ1n) is 10.1. The summed E-state index contributed by atoms with van der Waals surface area (Å²) in [6.07, 6.45) is 2.11. The van der Waals surface area contributed by atoms with Crippen LogP contribution in [-0.4, -0.2) is 67.4 Å². The zero-order valence-corrected chi connectivity index (χ0v) is 20.7. The molecule has 1 aromatic carbocycles. The summed E-state index contributed by atoms with van der Waals surface area (Å²) in [5, 5.41) is 3.62. The minimum absolute atomic E-state index is 0. The predicted octanol–water partition coefficient (Wildman–Crippen LogP) is 4.08. The van der Waals surface area contributed by atoms with Gasteiger partial charge in [0.15, 0.2) is 5.96 Å². The van der Waals surface area contributed by atoms with E-state index in [1.54, 1.807) is 12.1 Å². The number of hydrogen-bond acceptors (Lipinski definition) is 4. The third-order valence-corrected chi connectivity index (χ3v) is 6.89. The van der Waals surface area contributed by atoms with Gasteiger partial charge in [0.1, 0.15) is 11.9 Å². The van der Waals surface area contributed by atoms with Crippen molar-refractivity contribution in [2.75, 3.05) is 45.6 Å². The number of thioether (sulfide) groups is 1. The summed E-state index contributed by atoms with van der Waals surface area (Å²) in [4.78, 5) is 6.80. The molecule has 0 bridgehead atoms. The van der Waals surface area contributed by atoms with Crippen LogP contribution in [0.5, 0.6) is 0 Å². The van der Waals surface area contributed by atoms with Gasteiger partial charge in [0.05, 0.1) is 12.6 Å². The van der Waals surface area contributed by atoms with Crippen LogP contribution in [0, 0.1) is 5.82 Å². The van der Waals surface area contributed by atoms with E-state index in [0.29, 0.717) is 6.54 Å². The molecule has 0 saturated carbocycles. The summed E-state index contributed by atoms with van der Waals surface area (Å²) >= 11 is 2.02. The maximum Gasteiger partial charge on any atom is 0.193 e. The molecule has 2 heterocycles.